The first kappa shape index (κ1) is 48.1. The molecule has 0 bridgehead atoms. The highest BCUT2D eigenvalue weighted by atomic mass is 32.3. The Morgan fingerprint density at radius 3 is 2.13 bits per heavy atom. The lowest BCUT2D eigenvalue weighted by Crippen LogP contribution is -2.14. The van der Waals surface area contributed by atoms with Crippen LogP contribution in [0.5, 0.6) is 23.0 Å². The molecule has 1 aliphatic heterocycles. The Morgan fingerprint density at radius 1 is 0.754 bits per heavy atom. The van der Waals surface area contributed by atoms with E-state index >= 15 is 0 Å². The van der Waals surface area contributed by atoms with Gasteiger partial charge in [-0.25, -0.2) is 9.79 Å². The zero-order chi connectivity index (χ0) is 49.4. The Labute approximate surface area is 395 Å². The number of fused-ring (bicyclic) bond motifs is 3. The summed E-state index contributed by atoms with van der Waals surface area (Å²) in [5.74, 6) is -2.21. The molecule has 0 aromatic heterocycles. The number of nitrogens with zero attached hydrogens (tertiary/aromatic N) is 7. The van der Waals surface area contributed by atoms with Crippen molar-refractivity contribution >= 4 is 110 Å². The molecular formula is C42H34N8O15S4. The Bertz CT molecular complexity index is 3510. The second kappa shape index (κ2) is 19.0. The van der Waals surface area contributed by atoms with Gasteiger partial charge in [0, 0.05) is 34.0 Å². The van der Waals surface area contributed by atoms with Crippen LogP contribution in [0, 0.1) is 0 Å². The van der Waals surface area contributed by atoms with Gasteiger partial charge in [0.05, 0.1) is 49.7 Å². The molecule has 1 aliphatic carbocycles. The van der Waals surface area contributed by atoms with Crippen LogP contribution in [0.15, 0.2) is 165 Å². The average Bonchev–Trinajstić information content (AvgIpc) is 3.72. The number of aromatic hydroxyl groups is 2. The number of carboxylic acids is 1. The summed E-state index contributed by atoms with van der Waals surface area (Å²) in [6.07, 6.45) is 4.58. The van der Waals surface area contributed by atoms with Crippen LogP contribution in [-0.4, -0.2) is 91.2 Å². The molecule has 356 valence electrons. The number of methoxy groups -OCH3 is 1. The normalized spacial score (nSPS) is 16.6. The van der Waals surface area contributed by atoms with Gasteiger partial charge in [0.1, 0.15) is 45.2 Å². The number of ether oxygens (including phenoxy) is 2. The molecule has 9 N–H and O–H groups in total. The number of allylic oxidation sites excluding steroid dienone is 1. The van der Waals surface area contributed by atoms with Crippen molar-refractivity contribution in [3.8, 4) is 23.0 Å². The summed E-state index contributed by atoms with van der Waals surface area (Å²) in [6, 6.07) is 20.0. The molecule has 27 heteroatoms. The molecule has 2 aliphatic rings. The van der Waals surface area contributed by atoms with Gasteiger partial charge in [0.2, 0.25) is 5.50 Å². The Balaban J connectivity index is 1.12. The lowest BCUT2D eigenvalue weighted by molar-refractivity contribution is -0.132. The van der Waals surface area contributed by atoms with E-state index in [1.165, 1.54) is 43.1 Å². The number of aliphatic carboxylic acids is 1. The molecule has 2 atom stereocenters. The summed E-state index contributed by atoms with van der Waals surface area (Å²) in [5, 5.41) is 59.5. The summed E-state index contributed by atoms with van der Waals surface area (Å²) < 4.78 is 111. The number of phenolic OH excluding ortho intramolecular Hbond substituents is 2. The zero-order valence-corrected chi connectivity index (χ0v) is 38.2. The van der Waals surface area contributed by atoms with Crippen LogP contribution in [0.2, 0.25) is 0 Å². The van der Waals surface area contributed by atoms with Crippen molar-refractivity contribution in [1.82, 2.24) is 0 Å². The number of thioether (sulfide) groups is 1. The number of hydrogen-bond donors (Lipinski definition) is 9. The van der Waals surface area contributed by atoms with Crippen molar-refractivity contribution in [2.45, 2.75) is 25.4 Å². The molecule has 0 spiro atoms. The molecule has 23 nitrogen and oxygen atoms in total. The fraction of sp³-hybridized carbons (Fsp3) is 0.0952. The van der Waals surface area contributed by atoms with E-state index < -0.39 is 74.4 Å². The lowest BCUT2D eigenvalue weighted by atomic mass is 10.1. The number of anilines is 1. The number of para-hydroxylation sites is 1. The smallest absolute Gasteiger partial charge is 0.335 e. The van der Waals surface area contributed by atoms with Gasteiger partial charge in [0.15, 0.2) is 12.5 Å². The highest BCUT2D eigenvalue weighted by molar-refractivity contribution is 8.19. The largest absolute Gasteiger partial charge is 0.506 e. The number of rotatable bonds is 15. The first-order valence-corrected chi connectivity index (χ1v) is 24.8. The lowest BCUT2D eigenvalue weighted by Gasteiger charge is -2.23. The predicted molar refractivity (Wildman–Crippen MR) is 253 cm³/mol. The van der Waals surface area contributed by atoms with Gasteiger partial charge < -0.3 is 43.8 Å². The van der Waals surface area contributed by atoms with Crippen molar-refractivity contribution in [2.75, 3.05) is 19.2 Å². The van der Waals surface area contributed by atoms with Crippen LogP contribution >= 0.6 is 22.6 Å². The second-order valence-electron chi connectivity index (χ2n) is 14.5. The zero-order valence-electron chi connectivity index (χ0n) is 35.0. The topological polar surface area (TPSA) is 364 Å². The van der Waals surface area contributed by atoms with E-state index in [0.717, 1.165) is 42.5 Å². The Kier molecular flexibility index (Phi) is 13.2. The van der Waals surface area contributed by atoms with Gasteiger partial charge in [-0.3, -0.25) is 9.11 Å². The standard InChI is InChI=1S/C42H34N8O15S4/c1-64-35-19-31(47-49-39-37(69(61,62)63)15-22-13-25(68(58,59)60)17-33(38(22)40(39)52)43-20-65-23-5-3-2-4-6-23)34(51)18-32(35)48-45-29-12-11-28(26-9-8-24(16-27(26)29)67(55,56)57)46-50-42-44-30-10-7-21(41(53)54)14-36(30)66-42/h2-19,36,42-43,51-52,61-63H,20H2,1H3,(H,53,54)(H,55,56,57)(H,58,59,60). The molecule has 1 heterocycles. The number of nitrogens with one attached hydrogen (secondary N) is 1. The summed E-state index contributed by atoms with van der Waals surface area (Å²) in [6.45, 7) is -0.300. The van der Waals surface area contributed by atoms with Crippen molar-refractivity contribution in [1.29, 1.82) is 0 Å². The van der Waals surface area contributed by atoms with Crippen LogP contribution in [0.25, 0.3) is 21.5 Å². The van der Waals surface area contributed by atoms with Gasteiger partial charge in [0.25, 0.3) is 20.2 Å². The van der Waals surface area contributed by atoms with E-state index in [9.17, 15) is 59.7 Å². The summed E-state index contributed by atoms with van der Waals surface area (Å²) in [4.78, 5) is 13.9. The van der Waals surface area contributed by atoms with Crippen molar-refractivity contribution in [3.63, 3.8) is 0 Å². The molecule has 8 rings (SSSR count). The molecule has 69 heavy (non-hydrogen) atoms. The molecule has 0 radical (unpaired) electrons. The number of benzene rings is 6. The fourth-order valence-corrected chi connectivity index (χ4v) is 9.66. The summed E-state index contributed by atoms with van der Waals surface area (Å²) >= 11 is 1.25. The maximum Gasteiger partial charge on any atom is 0.335 e. The summed E-state index contributed by atoms with van der Waals surface area (Å²) in [5.41, 5.74) is -1.02. The van der Waals surface area contributed by atoms with Gasteiger partial charge in [-0.05, 0) is 72.1 Å². The first-order valence-electron chi connectivity index (χ1n) is 19.5. The Morgan fingerprint density at radius 2 is 1.45 bits per heavy atom. The average molecular weight is 1020 g/mol. The van der Waals surface area contributed by atoms with Crippen LogP contribution < -0.4 is 14.8 Å². The maximum absolute atomic E-state index is 12.2. The van der Waals surface area contributed by atoms with E-state index in [1.807, 2.05) is 0 Å². The highest BCUT2D eigenvalue weighted by Gasteiger charge is 2.30. The van der Waals surface area contributed by atoms with E-state index in [0.29, 0.717) is 16.8 Å². The third kappa shape index (κ3) is 10.5. The van der Waals surface area contributed by atoms with Crippen LogP contribution in [0.4, 0.5) is 34.1 Å². The quantitative estimate of drug-likeness (QED) is 0.0262. The maximum atomic E-state index is 12.2. The van der Waals surface area contributed by atoms with Crippen molar-refractivity contribution < 1.29 is 69.2 Å². The van der Waals surface area contributed by atoms with Gasteiger partial charge in [-0.2, -0.15) is 21.9 Å². The monoisotopic (exact) mass is 1020 g/mol. The van der Waals surface area contributed by atoms with Gasteiger partial charge in [-0.15, -0.1) is 25.6 Å². The van der Waals surface area contributed by atoms with E-state index in [4.69, 9.17) is 9.47 Å². The molecule has 0 fully saturated rings. The molecule has 0 saturated heterocycles. The van der Waals surface area contributed by atoms with Crippen molar-refractivity contribution in [3.05, 3.63) is 115 Å². The minimum Gasteiger partial charge on any atom is -0.506 e. The molecule has 0 saturated carbocycles. The number of phenols is 2. The number of azo groups is 3. The van der Waals surface area contributed by atoms with Gasteiger partial charge >= 0.3 is 5.97 Å². The highest BCUT2D eigenvalue weighted by Crippen LogP contribution is 2.56. The molecule has 0 amide bonds. The fourth-order valence-electron chi connectivity index (χ4n) is 6.87. The third-order valence-electron chi connectivity index (χ3n) is 10.1. The van der Waals surface area contributed by atoms with Crippen molar-refractivity contribution in [2.24, 2.45) is 35.7 Å². The van der Waals surface area contributed by atoms with Crippen LogP contribution in [0.1, 0.15) is 0 Å². The minimum atomic E-state index is -4.87. The van der Waals surface area contributed by atoms with E-state index in [1.54, 1.807) is 42.5 Å². The van der Waals surface area contributed by atoms with Gasteiger partial charge in [-0.1, -0.05) is 42.1 Å². The van der Waals surface area contributed by atoms with E-state index in [2.05, 4.69) is 41.0 Å². The number of aliphatic imine (C=N–C) groups is 1. The third-order valence-corrected chi connectivity index (χ3v) is 13.8. The summed E-state index contributed by atoms with van der Waals surface area (Å²) in [7, 11) is -13.1. The SMILES string of the molecule is COc1cc(N=Nc2c(S(O)(O)O)cc3cc(S(=O)(=O)O)cc(NCOc4ccccc4)c3c2O)c(O)cc1N=Nc1ccc(N=NC2N=C3C=CC(C(=O)O)=CC3S2)c2ccc(S(=O)(=O)O)cc12. The number of carbonyl (C=O) groups is 1. The van der Waals surface area contributed by atoms with Crippen LogP contribution in [-0.2, 0) is 25.0 Å². The molecule has 6 aromatic rings. The number of carboxylic acid groups (broad SMARTS) is 1. The van der Waals surface area contributed by atoms with E-state index in [-0.39, 0.29) is 67.9 Å². The van der Waals surface area contributed by atoms with Crippen LogP contribution in [0.3, 0.4) is 0 Å². The second-order valence-corrected chi connectivity index (χ2v) is 20.0. The molecular weight excluding hydrogens is 985 g/mol. The molecule has 6 aromatic carbocycles. The minimum absolute atomic E-state index is 0.0595. The first-order chi connectivity index (χ1) is 32.7. The Hall–Kier alpha value is -7.34. The molecule has 2 unspecified atom stereocenters. The number of hydrogen-bond acceptors (Lipinski definition) is 21. The predicted octanol–water partition coefficient (Wildman–Crippen LogP) is 10.3.